The van der Waals surface area contributed by atoms with Crippen LogP contribution in [-0.2, 0) is 4.79 Å². The van der Waals surface area contributed by atoms with Crippen LogP contribution in [0.2, 0.25) is 0 Å². The third-order valence-electron chi connectivity index (χ3n) is 5.26. The molecule has 3 rings (SSSR count). The van der Waals surface area contributed by atoms with Crippen molar-refractivity contribution in [3.8, 4) is 0 Å². The van der Waals surface area contributed by atoms with Gasteiger partial charge in [-0.3, -0.25) is 4.79 Å². The molecule has 2 aliphatic rings. The van der Waals surface area contributed by atoms with E-state index in [0.717, 1.165) is 37.2 Å². The number of hydrogen-bond acceptors (Lipinski definition) is 2. The predicted molar refractivity (Wildman–Crippen MR) is 99.2 cm³/mol. The molecule has 0 spiro atoms. The van der Waals surface area contributed by atoms with Gasteiger partial charge < -0.3 is 15.5 Å². The van der Waals surface area contributed by atoms with Crippen molar-refractivity contribution < 1.29 is 9.59 Å². The number of hydrogen-bond donors (Lipinski definition) is 2. The Bertz CT molecular complexity index is 637. The maximum absolute atomic E-state index is 12.6. The first kappa shape index (κ1) is 17.5. The van der Waals surface area contributed by atoms with Gasteiger partial charge in [0.25, 0.3) is 0 Å². The van der Waals surface area contributed by atoms with Gasteiger partial charge in [0.1, 0.15) is 0 Å². The Kier molecular flexibility index (Phi) is 5.41. The summed E-state index contributed by atoms with van der Waals surface area (Å²) < 4.78 is 0. The highest BCUT2D eigenvalue weighted by molar-refractivity contribution is 5.90. The molecule has 0 aromatic heterocycles. The largest absolute Gasteiger partial charge is 0.331 e. The molecule has 134 valence electrons. The average molecular weight is 341 g/mol. The lowest BCUT2D eigenvalue weighted by atomic mass is 9.86. The van der Waals surface area contributed by atoms with E-state index in [1.54, 1.807) is 0 Å². The molecule has 25 heavy (non-hydrogen) atoms. The van der Waals surface area contributed by atoms with E-state index in [9.17, 15) is 9.59 Å². The number of anilines is 1. The summed E-state index contributed by atoms with van der Waals surface area (Å²) in [6, 6.07) is 7.60. The molecule has 5 nitrogen and oxygen atoms in total. The number of carbonyl (C=O) groups excluding carboxylic acids is 2. The summed E-state index contributed by atoms with van der Waals surface area (Å²) >= 11 is 0. The second kappa shape index (κ2) is 7.72. The number of amides is 3. The zero-order chi connectivity index (χ0) is 17.8. The van der Waals surface area contributed by atoms with Crippen molar-refractivity contribution in [2.24, 2.45) is 11.8 Å². The Labute approximate surface area is 149 Å². The molecule has 1 heterocycles. The molecular weight excluding hydrogens is 314 g/mol. The molecule has 3 amide bonds. The molecule has 0 unspecified atom stereocenters. The van der Waals surface area contributed by atoms with Crippen LogP contribution < -0.4 is 10.6 Å². The summed E-state index contributed by atoms with van der Waals surface area (Å²) in [6.45, 7) is 5.53. The monoisotopic (exact) mass is 341 g/mol. The van der Waals surface area contributed by atoms with Gasteiger partial charge in [-0.25, -0.2) is 4.79 Å². The molecule has 1 aliphatic carbocycles. The quantitative estimate of drug-likeness (QED) is 0.820. The Balaban J connectivity index is 1.54. The second-order valence-electron chi connectivity index (χ2n) is 7.06. The van der Waals surface area contributed by atoms with Crippen molar-refractivity contribution in [1.29, 1.82) is 0 Å². The Morgan fingerprint density at radius 2 is 1.72 bits per heavy atom. The van der Waals surface area contributed by atoms with Crippen molar-refractivity contribution in [2.45, 2.75) is 39.2 Å². The topological polar surface area (TPSA) is 61.4 Å². The minimum absolute atomic E-state index is 0.000841. The number of nitrogens with zero attached hydrogens (tertiary/aromatic N) is 1. The second-order valence-corrected chi connectivity index (χ2v) is 7.06. The first-order valence-electron chi connectivity index (χ1n) is 9.17. The van der Waals surface area contributed by atoms with E-state index in [0.29, 0.717) is 18.3 Å². The Hall–Kier alpha value is -2.30. The van der Waals surface area contributed by atoms with Gasteiger partial charge in [-0.05, 0) is 49.3 Å². The van der Waals surface area contributed by atoms with E-state index in [4.69, 9.17) is 0 Å². The van der Waals surface area contributed by atoms with Crippen LogP contribution in [0.1, 0.15) is 44.7 Å². The molecule has 2 N–H and O–H groups in total. The minimum atomic E-state index is -0.0656. The molecule has 0 saturated carbocycles. The maximum Gasteiger partial charge on any atom is 0.317 e. The summed E-state index contributed by atoms with van der Waals surface area (Å²) in [5.74, 6) is 1.24. The number of fused-ring (bicyclic) bond motifs is 1. The first-order valence-corrected chi connectivity index (χ1v) is 9.17. The van der Waals surface area contributed by atoms with Gasteiger partial charge in [0, 0.05) is 25.2 Å². The highest BCUT2D eigenvalue weighted by Gasteiger charge is 2.35. The number of benzene rings is 1. The van der Waals surface area contributed by atoms with Crippen LogP contribution in [0.3, 0.4) is 0 Å². The van der Waals surface area contributed by atoms with Gasteiger partial charge in [0.15, 0.2) is 0 Å². The molecule has 1 aromatic carbocycles. The zero-order valence-electron chi connectivity index (χ0n) is 15.0. The number of allylic oxidation sites excluding steroid dienone is 2. The number of carbonyl (C=O) groups is 2. The van der Waals surface area contributed by atoms with Crippen LogP contribution in [0.4, 0.5) is 10.5 Å². The molecule has 1 aliphatic heterocycles. The molecule has 0 bridgehead atoms. The molecule has 3 atom stereocenters. The zero-order valence-corrected chi connectivity index (χ0v) is 15.0. The smallest absolute Gasteiger partial charge is 0.317 e. The number of nitrogens with one attached hydrogen (secondary N) is 2. The van der Waals surface area contributed by atoms with E-state index >= 15 is 0 Å². The first-order chi connectivity index (χ1) is 12.1. The summed E-state index contributed by atoms with van der Waals surface area (Å²) in [5, 5.41) is 5.93. The maximum atomic E-state index is 12.6. The highest BCUT2D eigenvalue weighted by atomic mass is 16.2. The fourth-order valence-electron chi connectivity index (χ4n) is 3.64. The predicted octanol–water partition coefficient (Wildman–Crippen LogP) is 3.70. The van der Waals surface area contributed by atoms with Gasteiger partial charge in [0.05, 0.1) is 6.04 Å². The van der Waals surface area contributed by atoms with Gasteiger partial charge in [-0.2, -0.15) is 0 Å². The number of rotatable bonds is 4. The van der Waals surface area contributed by atoms with E-state index < -0.39 is 0 Å². The van der Waals surface area contributed by atoms with Gasteiger partial charge >= 0.3 is 6.03 Å². The van der Waals surface area contributed by atoms with E-state index in [2.05, 4.69) is 22.8 Å². The van der Waals surface area contributed by atoms with Gasteiger partial charge in [-0.15, -0.1) is 0 Å². The van der Waals surface area contributed by atoms with Gasteiger partial charge in [0.2, 0.25) is 5.91 Å². The van der Waals surface area contributed by atoms with Crippen LogP contribution in [0, 0.1) is 11.8 Å². The summed E-state index contributed by atoms with van der Waals surface area (Å²) in [5.41, 5.74) is 1.81. The fraction of sp³-hybridized carbons (Fsp3) is 0.500. The van der Waals surface area contributed by atoms with E-state index in [-0.39, 0.29) is 18.0 Å². The van der Waals surface area contributed by atoms with Crippen LogP contribution >= 0.6 is 0 Å². The molecular formula is C20H27N3O2. The van der Waals surface area contributed by atoms with Crippen LogP contribution in [-0.4, -0.2) is 29.9 Å². The van der Waals surface area contributed by atoms with Crippen molar-refractivity contribution in [1.82, 2.24) is 10.2 Å². The number of likely N-dealkylation sites (tertiary alicyclic amines) is 1. The van der Waals surface area contributed by atoms with Crippen LogP contribution in [0.5, 0.6) is 0 Å². The molecule has 1 saturated heterocycles. The van der Waals surface area contributed by atoms with Crippen LogP contribution in [0.15, 0.2) is 36.4 Å². The molecule has 1 fully saturated rings. The highest BCUT2D eigenvalue weighted by Crippen LogP contribution is 2.32. The van der Waals surface area contributed by atoms with E-state index in [1.807, 2.05) is 43.0 Å². The van der Waals surface area contributed by atoms with Crippen molar-refractivity contribution in [2.75, 3.05) is 18.4 Å². The normalized spacial score (nSPS) is 23.0. The summed E-state index contributed by atoms with van der Waals surface area (Å²) in [4.78, 5) is 25.9. The molecule has 5 heteroatoms. The Morgan fingerprint density at radius 1 is 1.12 bits per heavy atom. The third kappa shape index (κ3) is 4.21. The molecule has 1 aromatic rings. The average Bonchev–Trinajstić information content (AvgIpc) is 3.06. The number of urea groups is 1. The third-order valence-corrected chi connectivity index (χ3v) is 5.26. The molecule has 0 radical (unpaired) electrons. The fourth-order valence-corrected chi connectivity index (χ4v) is 3.64. The summed E-state index contributed by atoms with van der Waals surface area (Å²) in [6.07, 6.45) is 7.12. The standard InChI is InChI=1S/C20H27N3O2/c1-3-19(24)22-18-10-8-15(9-11-18)14(2)21-20(25)23-12-16-6-4-5-7-17(16)13-23/h4-5,8-11,14,16-17H,3,6-7,12-13H2,1-2H3,(H,21,25)(H,22,24)/t14-,16-,17-/m0/s1. The summed E-state index contributed by atoms with van der Waals surface area (Å²) in [7, 11) is 0. The lowest BCUT2D eigenvalue weighted by Crippen LogP contribution is -2.39. The van der Waals surface area contributed by atoms with Gasteiger partial charge in [-0.1, -0.05) is 31.2 Å². The lowest BCUT2D eigenvalue weighted by molar-refractivity contribution is -0.115. The van der Waals surface area contributed by atoms with Crippen molar-refractivity contribution >= 4 is 17.6 Å². The SMILES string of the molecule is CCC(=O)Nc1ccc([C@H](C)NC(=O)N2C[C@@H]3CC=CC[C@H]3C2)cc1. The van der Waals surface area contributed by atoms with Crippen molar-refractivity contribution in [3.63, 3.8) is 0 Å². The van der Waals surface area contributed by atoms with Crippen LogP contribution in [0.25, 0.3) is 0 Å². The Morgan fingerprint density at radius 3 is 2.28 bits per heavy atom. The van der Waals surface area contributed by atoms with Crippen molar-refractivity contribution in [3.05, 3.63) is 42.0 Å². The lowest BCUT2D eigenvalue weighted by Gasteiger charge is -2.21. The van der Waals surface area contributed by atoms with E-state index in [1.165, 1.54) is 0 Å². The minimum Gasteiger partial charge on any atom is -0.331 e.